The molecular weight excluding hydrogens is 471 g/mol. The highest BCUT2D eigenvalue weighted by molar-refractivity contribution is 9.10. The smallest absolute Gasteiger partial charge is 0.293 e. The van der Waals surface area contributed by atoms with Gasteiger partial charge in [-0.1, -0.05) is 39.1 Å². The van der Waals surface area contributed by atoms with Crippen LogP contribution in [-0.2, 0) is 0 Å². The largest absolute Gasteiger partial charge is 0.451 e. The van der Waals surface area contributed by atoms with Crippen molar-refractivity contribution in [3.63, 3.8) is 0 Å². The molecule has 1 amide bonds. The molecule has 0 aliphatic carbocycles. The molecule has 0 radical (unpaired) electrons. The lowest BCUT2D eigenvalue weighted by molar-refractivity contribution is 0.0951. The van der Waals surface area contributed by atoms with Crippen molar-refractivity contribution in [3.05, 3.63) is 74.4 Å². The van der Waals surface area contributed by atoms with Crippen molar-refractivity contribution in [2.24, 2.45) is 0 Å². The molecule has 138 valence electrons. The van der Waals surface area contributed by atoms with Gasteiger partial charge in [-0.05, 0) is 73.2 Å². The molecule has 0 bridgehead atoms. The Labute approximate surface area is 180 Å². The summed E-state index contributed by atoms with van der Waals surface area (Å²) < 4.78 is 6.60. The highest BCUT2D eigenvalue weighted by Gasteiger charge is 2.15. The summed E-state index contributed by atoms with van der Waals surface area (Å²) in [4.78, 5) is 12.4. The zero-order chi connectivity index (χ0) is 19.6. The summed E-state index contributed by atoms with van der Waals surface area (Å²) in [5.41, 5.74) is 2.46. The molecule has 2 aromatic carbocycles. The fourth-order valence-corrected chi connectivity index (χ4v) is 3.30. The molecule has 3 aromatic rings. The Morgan fingerprint density at radius 2 is 1.89 bits per heavy atom. The maximum Gasteiger partial charge on any atom is 0.293 e. The quantitative estimate of drug-likeness (QED) is 0.420. The van der Waals surface area contributed by atoms with E-state index in [1.54, 1.807) is 30.3 Å². The first kappa shape index (κ1) is 19.9. The van der Waals surface area contributed by atoms with Crippen molar-refractivity contribution in [1.29, 1.82) is 0 Å². The molecule has 27 heavy (non-hydrogen) atoms. The number of aryl methyl sites for hydroxylation is 1. The number of benzene rings is 2. The first-order valence-electron chi connectivity index (χ1n) is 7.77. The van der Waals surface area contributed by atoms with E-state index in [0.717, 1.165) is 15.7 Å². The fraction of sp³-hybridized carbons (Fsp3) is 0.0526. The van der Waals surface area contributed by atoms with Crippen LogP contribution in [0.25, 0.3) is 11.3 Å². The molecule has 0 fully saturated rings. The molecule has 0 aliphatic heterocycles. The molecule has 0 aliphatic rings. The summed E-state index contributed by atoms with van der Waals surface area (Å²) in [6.07, 6.45) is 0. The third kappa shape index (κ3) is 4.90. The van der Waals surface area contributed by atoms with Crippen molar-refractivity contribution in [2.75, 3.05) is 5.32 Å². The van der Waals surface area contributed by atoms with Gasteiger partial charge in [0.15, 0.2) is 10.9 Å². The lowest BCUT2D eigenvalue weighted by Crippen LogP contribution is -2.33. The van der Waals surface area contributed by atoms with Crippen LogP contribution in [0.4, 0.5) is 5.69 Å². The zero-order valence-corrected chi connectivity index (χ0v) is 17.9. The molecule has 4 nitrogen and oxygen atoms in total. The van der Waals surface area contributed by atoms with Gasteiger partial charge in [0.2, 0.25) is 0 Å². The lowest BCUT2D eigenvalue weighted by atomic mass is 10.2. The van der Waals surface area contributed by atoms with Crippen LogP contribution in [0.15, 0.2) is 57.4 Å². The summed E-state index contributed by atoms with van der Waals surface area (Å²) in [5.74, 6) is 0.119. The second kappa shape index (κ2) is 8.44. The number of amides is 1. The zero-order valence-electron chi connectivity index (χ0n) is 14.0. The van der Waals surface area contributed by atoms with Gasteiger partial charge in [-0.25, -0.2) is 0 Å². The molecule has 0 saturated heterocycles. The number of hydrogen-bond donors (Lipinski definition) is 2. The highest BCUT2D eigenvalue weighted by atomic mass is 79.9. The summed E-state index contributed by atoms with van der Waals surface area (Å²) in [6, 6.07) is 13.9. The topological polar surface area (TPSA) is 54.3 Å². The van der Waals surface area contributed by atoms with E-state index in [1.807, 2.05) is 25.1 Å². The number of carbonyl (C=O) groups excluding carboxylic acids is 1. The maximum absolute atomic E-state index is 12.4. The third-order valence-corrected chi connectivity index (χ3v) is 5.31. The Kier molecular flexibility index (Phi) is 6.22. The summed E-state index contributed by atoms with van der Waals surface area (Å²) >= 11 is 20.7. The summed E-state index contributed by atoms with van der Waals surface area (Å²) in [7, 11) is 0. The van der Waals surface area contributed by atoms with Gasteiger partial charge in [0, 0.05) is 20.7 Å². The molecule has 2 N–H and O–H groups in total. The van der Waals surface area contributed by atoms with Crippen molar-refractivity contribution in [2.45, 2.75) is 6.92 Å². The van der Waals surface area contributed by atoms with E-state index in [2.05, 4.69) is 26.6 Å². The second-order valence-electron chi connectivity index (χ2n) is 5.66. The van der Waals surface area contributed by atoms with Crippen LogP contribution in [0.1, 0.15) is 16.1 Å². The molecule has 0 spiro atoms. The number of halogens is 3. The predicted molar refractivity (Wildman–Crippen MR) is 117 cm³/mol. The first-order valence-corrected chi connectivity index (χ1v) is 9.73. The van der Waals surface area contributed by atoms with E-state index in [9.17, 15) is 4.79 Å². The second-order valence-corrected chi connectivity index (χ2v) is 7.77. The van der Waals surface area contributed by atoms with Crippen molar-refractivity contribution >= 4 is 68.1 Å². The minimum atomic E-state index is -0.460. The average molecular weight is 484 g/mol. The fourth-order valence-electron chi connectivity index (χ4n) is 2.34. The van der Waals surface area contributed by atoms with Crippen LogP contribution in [0.2, 0.25) is 10.0 Å². The number of hydrogen-bond acceptors (Lipinski definition) is 3. The SMILES string of the molecule is Cc1cc(NC(=S)NC(=O)c2ccc(-c3ccc(Cl)cc3Cl)o2)ccc1Br. The minimum absolute atomic E-state index is 0.118. The minimum Gasteiger partial charge on any atom is -0.451 e. The molecule has 1 aromatic heterocycles. The molecular formula is C19H13BrCl2N2O2S. The van der Waals surface area contributed by atoms with Gasteiger partial charge in [0.05, 0.1) is 5.02 Å². The summed E-state index contributed by atoms with van der Waals surface area (Å²) in [5, 5.41) is 6.68. The predicted octanol–water partition coefficient (Wildman–Crippen LogP) is 6.45. The highest BCUT2D eigenvalue weighted by Crippen LogP contribution is 2.31. The number of thiocarbonyl (C=S) groups is 1. The summed E-state index contributed by atoms with van der Waals surface area (Å²) in [6.45, 7) is 1.96. The van der Waals surface area contributed by atoms with E-state index < -0.39 is 5.91 Å². The van der Waals surface area contributed by atoms with Gasteiger partial charge in [-0.15, -0.1) is 0 Å². The Bertz CT molecular complexity index is 1040. The number of anilines is 1. The number of furan rings is 1. The standard InChI is InChI=1S/C19H13BrCl2N2O2S/c1-10-8-12(3-5-14(10)20)23-19(27)24-18(25)17-7-6-16(26-17)13-4-2-11(21)9-15(13)22/h2-9H,1H3,(H2,23,24,25,27). The molecule has 1 heterocycles. The van der Waals surface area contributed by atoms with Crippen molar-refractivity contribution < 1.29 is 9.21 Å². The van der Waals surface area contributed by atoms with Crippen LogP contribution < -0.4 is 10.6 Å². The van der Waals surface area contributed by atoms with Gasteiger partial charge in [0.1, 0.15) is 5.76 Å². The van der Waals surface area contributed by atoms with Crippen molar-refractivity contribution in [1.82, 2.24) is 5.32 Å². The van der Waals surface area contributed by atoms with E-state index in [4.69, 9.17) is 39.8 Å². The monoisotopic (exact) mass is 482 g/mol. The number of rotatable bonds is 3. The number of nitrogens with one attached hydrogen (secondary N) is 2. The van der Waals surface area contributed by atoms with E-state index >= 15 is 0 Å². The Morgan fingerprint density at radius 3 is 2.59 bits per heavy atom. The third-order valence-electron chi connectivity index (χ3n) is 3.67. The van der Waals surface area contributed by atoms with Gasteiger partial charge < -0.3 is 9.73 Å². The lowest BCUT2D eigenvalue weighted by Gasteiger charge is -2.10. The molecule has 0 atom stereocenters. The molecule has 0 unspecified atom stereocenters. The average Bonchev–Trinajstić information content (AvgIpc) is 3.08. The van der Waals surface area contributed by atoms with Crippen LogP contribution in [-0.4, -0.2) is 11.0 Å². The van der Waals surface area contributed by atoms with E-state index in [1.165, 1.54) is 0 Å². The van der Waals surface area contributed by atoms with Gasteiger partial charge in [0.25, 0.3) is 5.91 Å². The van der Waals surface area contributed by atoms with E-state index in [-0.39, 0.29) is 10.9 Å². The Hall–Kier alpha value is -1.86. The Balaban J connectivity index is 1.68. The number of carbonyl (C=O) groups is 1. The first-order chi connectivity index (χ1) is 12.8. The van der Waals surface area contributed by atoms with Gasteiger partial charge in [-0.2, -0.15) is 0 Å². The molecule has 3 rings (SSSR count). The van der Waals surface area contributed by atoms with Crippen LogP contribution in [0, 0.1) is 6.92 Å². The normalized spacial score (nSPS) is 10.5. The Morgan fingerprint density at radius 1 is 1.11 bits per heavy atom. The molecule has 8 heteroatoms. The van der Waals surface area contributed by atoms with Gasteiger partial charge >= 0.3 is 0 Å². The maximum atomic E-state index is 12.4. The van der Waals surface area contributed by atoms with Crippen LogP contribution in [0.3, 0.4) is 0 Å². The van der Waals surface area contributed by atoms with E-state index in [0.29, 0.717) is 21.4 Å². The van der Waals surface area contributed by atoms with Gasteiger partial charge in [-0.3, -0.25) is 10.1 Å². The molecule has 0 saturated carbocycles. The van der Waals surface area contributed by atoms with Crippen LogP contribution >= 0.6 is 51.3 Å². The van der Waals surface area contributed by atoms with Crippen LogP contribution in [0.5, 0.6) is 0 Å². The van der Waals surface area contributed by atoms with Crippen molar-refractivity contribution in [3.8, 4) is 11.3 Å².